The van der Waals surface area contributed by atoms with Crippen LogP contribution in [0.3, 0.4) is 0 Å². The van der Waals surface area contributed by atoms with Crippen LogP contribution in [0.15, 0.2) is 223 Å². The summed E-state index contributed by atoms with van der Waals surface area (Å²) in [6.07, 6.45) is 0. The van der Waals surface area contributed by atoms with Gasteiger partial charge in [0.1, 0.15) is 11.2 Å². The molecule has 0 saturated carbocycles. The number of anilines is 3. The van der Waals surface area contributed by atoms with Gasteiger partial charge in [0.05, 0.1) is 22.1 Å². The minimum absolute atomic E-state index is 0.860. The van der Waals surface area contributed by atoms with E-state index in [9.17, 15) is 0 Å². The first-order valence-electron chi connectivity index (χ1n) is 19.4. The molecular formula is C54H36N2O. The Hall–Kier alpha value is -7.62. The molecule has 2 aromatic heterocycles. The Balaban J connectivity index is 1.13. The molecule has 0 spiro atoms. The van der Waals surface area contributed by atoms with Gasteiger partial charge in [-0.25, -0.2) is 0 Å². The summed E-state index contributed by atoms with van der Waals surface area (Å²) in [7, 11) is 0. The maximum absolute atomic E-state index is 6.46. The van der Waals surface area contributed by atoms with Crippen molar-refractivity contribution >= 4 is 60.8 Å². The summed E-state index contributed by atoms with van der Waals surface area (Å²) in [6.45, 7) is 0. The number of hydrogen-bond donors (Lipinski definition) is 0. The van der Waals surface area contributed by atoms with Crippen LogP contribution in [-0.2, 0) is 0 Å². The number of benzene rings is 9. The highest BCUT2D eigenvalue weighted by Crippen LogP contribution is 2.46. The van der Waals surface area contributed by atoms with Crippen LogP contribution in [0.5, 0.6) is 0 Å². The first kappa shape index (κ1) is 32.8. The van der Waals surface area contributed by atoms with Gasteiger partial charge in [-0.2, -0.15) is 0 Å². The Morgan fingerprint density at radius 1 is 0.351 bits per heavy atom. The average molecular weight is 729 g/mol. The van der Waals surface area contributed by atoms with Crippen molar-refractivity contribution in [3.8, 4) is 39.1 Å². The van der Waals surface area contributed by atoms with E-state index in [1.165, 1.54) is 38.5 Å². The molecule has 0 radical (unpaired) electrons. The molecule has 0 fully saturated rings. The van der Waals surface area contributed by atoms with Crippen LogP contribution in [-0.4, -0.2) is 4.57 Å². The van der Waals surface area contributed by atoms with Crippen molar-refractivity contribution in [2.24, 2.45) is 0 Å². The maximum atomic E-state index is 6.46. The van der Waals surface area contributed by atoms with E-state index >= 15 is 0 Å². The third-order valence-electron chi connectivity index (χ3n) is 11.2. The molecule has 0 aliphatic heterocycles. The number of furan rings is 1. The first-order valence-corrected chi connectivity index (χ1v) is 19.4. The molecule has 0 unspecified atom stereocenters. The van der Waals surface area contributed by atoms with Crippen molar-refractivity contribution in [2.45, 2.75) is 0 Å². The first-order chi connectivity index (χ1) is 28.3. The molecule has 57 heavy (non-hydrogen) atoms. The van der Waals surface area contributed by atoms with Gasteiger partial charge in [0.2, 0.25) is 0 Å². The fourth-order valence-electron chi connectivity index (χ4n) is 8.61. The number of nitrogens with zero attached hydrogens (tertiary/aromatic N) is 2. The highest BCUT2D eigenvalue weighted by molar-refractivity contribution is 6.16. The van der Waals surface area contributed by atoms with Crippen LogP contribution in [0.1, 0.15) is 0 Å². The van der Waals surface area contributed by atoms with Crippen molar-refractivity contribution in [1.29, 1.82) is 0 Å². The minimum atomic E-state index is 0.860. The zero-order valence-corrected chi connectivity index (χ0v) is 31.1. The van der Waals surface area contributed by atoms with Crippen molar-refractivity contribution in [3.05, 3.63) is 218 Å². The predicted octanol–water partition coefficient (Wildman–Crippen LogP) is 15.2. The molecule has 0 amide bonds. The van der Waals surface area contributed by atoms with E-state index in [2.05, 4.69) is 222 Å². The van der Waals surface area contributed by atoms with Crippen LogP contribution >= 0.6 is 0 Å². The van der Waals surface area contributed by atoms with Gasteiger partial charge in [-0.3, -0.25) is 0 Å². The monoisotopic (exact) mass is 728 g/mol. The fraction of sp³-hybridized carbons (Fsp3) is 0. The summed E-state index contributed by atoms with van der Waals surface area (Å²) in [5.74, 6) is 0. The molecule has 3 nitrogen and oxygen atoms in total. The van der Waals surface area contributed by atoms with Crippen molar-refractivity contribution in [1.82, 2.24) is 4.57 Å². The van der Waals surface area contributed by atoms with E-state index in [0.29, 0.717) is 0 Å². The number of fused-ring (bicyclic) bond motifs is 6. The summed E-state index contributed by atoms with van der Waals surface area (Å²) in [4.78, 5) is 2.40. The van der Waals surface area contributed by atoms with Crippen LogP contribution in [0.25, 0.3) is 82.8 Å². The number of aromatic nitrogens is 1. The lowest BCUT2D eigenvalue weighted by atomic mass is 9.96. The zero-order valence-electron chi connectivity index (χ0n) is 31.1. The summed E-state index contributed by atoms with van der Waals surface area (Å²) < 4.78 is 8.84. The van der Waals surface area contributed by atoms with Gasteiger partial charge in [0, 0.05) is 33.2 Å². The van der Waals surface area contributed by atoms with Gasteiger partial charge in [0.25, 0.3) is 0 Å². The number of rotatable bonds is 7. The van der Waals surface area contributed by atoms with Crippen LogP contribution < -0.4 is 4.90 Å². The van der Waals surface area contributed by atoms with E-state index in [1.54, 1.807) is 0 Å². The Kier molecular flexibility index (Phi) is 7.82. The third-order valence-corrected chi connectivity index (χ3v) is 11.2. The molecule has 0 atom stereocenters. The summed E-state index contributed by atoms with van der Waals surface area (Å²) in [6, 6.07) is 78.1. The van der Waals surface area contributed by atoms with Crippen LogP contribution in [0.2, 0.25) is 0 Å². The molecule has 11 aromatic rings. The molecule has 268 valence electrons. The maximum Gasteiger partial charge on any atom is 0.137 e. The van der Waals surface area contributed by atoms with Gasteiger partial charge < -0.3 is 13.9 Å². The highest BCUT2D eigenvalue weighted by Gasteiger charge is 2.22. The summed E-state index contributed by atoms with van der Waals surface area (Å²) in [5.41, 5.74) is 15.5. The molecule has 0 saturated heterocycles. The van der Waals surface area contributed by atoms with Gasteiger partial charge in [-0.1, -0.05) is 146 Å². The van der Waals surface area contributed by atoms with Crippen LogP contribution in [0.4, 0.5) is 17.1 Å². The third kappa shape index (κ3) is 5.60. The quantitative estimate of drug-likeness (QED) is 0.163. The largest absolute Gasteiger partial charge is 0.456 e. The normalized spacial score (nSPS) is 11.5. The average Bonchev–Trinajstić information content (AvgIpc) is 3.84. The Morgan fingerprint density at radius 3 is 1.65 bits per heavy atom. The molecule has 11 rings (SSSR count). The predicted molar refractivity (Wildman–Crippen MR) is 239 cm³/mol. The van der Waals surface area contributed by atoms with E-state index in [-0.39, 0.29) is 0 Å². The van der Waals surface area contributed by atoms with Gasteiger partial charge in [0.15, 0.2) is 0 Å². The molecule has 0 aliphatic rings. The fourth-order valence-corrected chi connectivity index (χ4v) is 8.61. The number of para-hydroxylation sites is 3. The van der Waals surface area contributed by atoms with Crippen molar-refractivity contribution < 1.29 is 4.42 Å². The smallest absolute Gasteiger partial charge is 0.137 e. The van der Waals surface area contributed by atoms with Crippen LogP contribution in [0, 0.1) is 0 Å². The van der Waals surface area contributed by atoms with E-state index in [4.69, 9.17) is 4.42 Å². The van der Waals surface area contributed by atoms with Gasteiger partial charge in [-0.15, -0.1) is 0 Å². The lowest BCUT2D eigenvalue weighted by molar-refractivity contribution is 0.669. The topological polar surface area (TPSA) is 21.3 Å². The lowest BCUT2D eigenvalue weighted by Gasteiger charge is -2.28. The second kappa shape index (κ2) is 13.6. The molecule has 0 N–H and O–H groups in total. The summed E-state index contributed by atoms with van der Waals surface area (Å²) in [5, 5.41) is 4.66. The van der Waals surface area contributed by atoms with E-state index < -0.39 is 0 Å². The Morgan fingerprint density at radius 2 is 0.930 bits per heavy atom. The zero-order chi connectivity index (χ0) is 37.7. The highest BCUT2D eigenvalue weighted by atomic mass is 16.3. The molecule has 3 heteroatoms. The van der Waals surface area contributed by atoms with Gasteiger partial charge in [-0.05, 0) is 106 Å². The molecule has 9 aromatic carbocycles. The molecule has 2 heterocycles. The van der Waals surface area contributed by atoms with E-state index in [1.807, 2.05) is 6.07 Å². The number of hydrogen-bond acceptors (Lipinski definition) is 2. The van der Waals surface area contributed by atoms with Crippen molar-refractivity contribution in [3.63, 3.8) is 0 Å². The Bertz CT molecular complexity index is 3160. The van der Waals surface area contributed by atoms with Gasteiger partial charge >= 0.3 is 0 Å². The molecular weight excluding hydrogens is 693 g/mol. The van der Waals surface area contributed by atoms with E-state index in [0.717, 1.165) is 61.4 Å². The SMILES string of the molecule is c1ccc(-c2cc(-c3ccccc3)cc(N(c3ccc(-c4cccc5c4c4ccccc4n5-c4ccccc4)cc3)c3cccc4oc5ccccc5c34)c2)cc1. The minimum Gasteiger partial charge on any atom is -0.456 e. The molecule has 0 aliphatic carbocycles. The van der Waals surface area contributed by atoms with Crippen molar-refractivity contribution in [2.75, 3.05) is 4.90 Å². The summed E-state index contributed by atoms with van der Waals surface area (Å²) >= 11 is 0. The standard InChI is InChI=1S/C54H36N2O/c1-4-16-37(17-5-1)40-34-41(38-18-6-2-7-19-38)36-44(35-40)55(50-27-15-29-52-54(50)47-23-11-13-28-51(47)57-52)43-32-30-39(31-33-43)45-24-14-26-49-53(45)46-22-10-12-25-48(46)56(49)42-20-8-3-9-21-42/h1-36H. The lowest BCUT2D eigenvalue weighted by Crippen LogP contribution is -2.11. The second-order valence-corrected chi connectivity index (χ2v) is 14.5. The second-order valence-electron chi connectivity index (χ2n) is 14.5. The molecule has 0 bridgehead atoms. The Labute approximate surface area is 330 Å².